The maximum absolute atomic E-state index is 13.9. The Bertz CT molecular complexity index is 1510. The number of halogens is 2. The summed E-state index contributed by atoms with van der Waals surface area (Å²) in [5, 5.41) is 0.106. The van der Waals surface area contributed by atoms with Gasteiger partial charge in [-0.2, -0.15) is 0 Å². The zero-order valence-corrected chi connectivity index (χ0v) is 18.0. The van der Waals surface area contributed by atoms with Crippen molar-refractivity contribution in [2.24, 2.45) is 0 Å². The SMILES string of the molecule is COC(=O)c1sc(N2C(=O)c3oc4ccc(F)cc4c(=O)c3[C@H]2c2ccc(F)cc2)nc1C. The average Bonchev–Trinajstić information content (AvgIpc) is 3.32. The fourth-order valence-corrected chi connectivity index (χ4v) is 4.88. The Morgan fingerprint density at radius 3 is 2.52 bits per heavy atom. The van der Waals surface area contributed by atoms with E-state index in [1.54, 1.807) is 6.92 Å². The Labute approximate surface area is 188 Å². The van der Waals surface area contributed by atoms with Crippen LogP contribution in [-0.2, 0) is 4.74 Å². The fourth-order valence-electron chi connectivity index (χ4n) is 3.87. The number of carbonyl (C=O) groups excluding carboxylic acids is 2. The predicted molar refractivity (Wildman–Crippen MR) is 116 cm³/mol. The summed E-state index contributed by atoms with van der Waals surface area (Å²) in [4.78, 5) is 44.7. The minimum Gasteiger partial charge on any atom is -0.465 e. The first-order valence-corrected chi connectivity index (χ1v) is 10.5. The number of aryl methyl sites for hydroxylation is 1. The molecule has 2 aromatic heterocycles. The van der Waals surface area contributed by atoms with Gasteiger partial charge in [-0.1, -0.05) is 23.5 Å². The fraction of sp³-hybridized carbons (Fsp3) is 0.130. The number of amides is 1. The van der Waals surface area contributed by atoms with Crippen LogP contribution in [0.1, 0.15) is 43.1 Å². The van der Waals surface area contributed by atoms with Crippen LogP contribution >= 0.6 is 11.3 Å². The zero-order chi connectivity index (χ0) is 23.4. The van der Waals surface area contributed by atoms with Crippen molar-refractivity contribution in [3.05, 3.63) is 91.8 Å². The molecule has 4 aromatic rings. The van der Waals surface area contributed by atoms with Crippen LogP contribution in [0.4, 0.5) is 13.9 Å². The number of hydrogen-bond donors (Lipinski definition) is 0. The summed E-state index contributed by atoms with van der Waals surface area (Å²) in [5.41, 5.74) is 0.211. The molecule has 2 aromatic carbocycles. The number of benzene rings is 2. The van der Waals surface area contributed by atoms with Gasteiger partial charge >= 0.3 is 5.97 Å². The van der Waals surface area contributed by atoms with Gasteiger partial charge in [0, 0.05) is 0 Å². The number of ether oxygens (including phenoxy) is 1. The predicted octanol–water partition coefficient (Wildman–Crippen LogP) is 4.37. The molecule has 0 bridgehead atoms. The number of carbonyl (C=O) groups is 2. The first-order valence-electron chi connectivity index (χ1n) is 9.71. The monoisotopic (exact) mass is 468 g/mol. The summed E-state index contributed by atoms with van der Waals surface area (Å²) in [7, 11) is 1.23. The molecule has 10 heteroatoms. The van der Waals surface area contributed by atoms with E-state index in [0.717, 1.165) is 23.5 Å². The van der Waals surface area contributed by atoms with Gasteiger partial charge in [-0.25, -0.2) is 18.6 Å². The number of hydrogen-bond acceptors (Lipinski definition) is 7. The highest BCUT2D eigenvalue weighted by Gasteiger charge is 2.45. The molecule has 0 unspecified atom stereocenters. The lowest BCUT2D eigenvalue weighted by Crippen LogP contribution is -2.29. The molecule has 1 atom stereocenters. The minimum atomic E-state index is -1.02. The van der Waals surface area contributed by atoms with Crippen LogP contribution in [0.15, 0.2) is 51.7 Å². The molecular formula is C23H14F2N2O5S. The largest absolute Gasteiger partial charge is 0.465 e. The van der Waals surface area contributed by atoms with Gasteiger partial charge in [-0.15, -0.1) is 0 Å². The standard InChI is InChI=1S/C23H14F2N2O5S/c1-10-20(22(30)31-2)33-23(26-10)27-17(11-3-5-12(24)6-4-11)16-18(28)14-9-13(25)7-8-15(14)32-19(16)21(27)29/h3-9,17H,1-2H3/t17-/m1/s1. The second kappa shape index (κ2) is 7.59. The van der Waals surface area contributed by atoms with Gasteiger partial charge < -0.3 is 9.15 Å². The van der Waals surface area contributed by atoms with Crippen LogP contribution in [0.3, 0.4) is 0 Å². The Hall–Kier alpha value is -3.92. The summed E-state index contributed by atoms with van der Waals surface area (Å²) in [5.74, 6) is -2.63. The summed E-state index contributed by atoms with van der Waals surface area (Å²) >= 11 is 0.920. The molecule has 33 heavy (non-hydrogen) atoms. The van der Waals surface area contributed by atoms with Gasteiger partial charge in [0.25, 0.3) is 5.91 Å². The van der Waals surface area contributed by atoms with Gasteiger partial charge in [0.05, 0.1) is 29.8 Å². The van der Waals surface area contributed by atoms with Crippen molar-refractivity contribution in [3.63, 3.8) is 0 Å². The van der Waals surface area contributed by atoms with Crippen LogP contribution in [0.2, 0.25) is 0 Å². The van der Waals surface area contributed by atoms with E-state index in [4.69, 9.17) is 9.15 Å². The van der Waals surface area contributed by atoms with Crippen molar-refractivity contribution in [1.82, 2.24) is 4.98 Å². The van der Waals surface area contributed by atoms with E-state index in [-0.39, 0.29) is 32.3 Å². The first-order chi connectivity index (χ1) is 15.8. The topological polar surface area (TPSA) is 89.7 Å². The number of methoxy groups -OCH3 is 1. The third-order valence-electron chi connectivity index (χ3n) is 5.38. The second-order valence-corrected chi connectivity index (χ2v) is 8.32. The normalized spacial score (nSPS) is 15.2. The summed E-state index contributed by atoms with van der Waals surface area (Å²) in [6.45, 7) is 1.59. The van der Waals surface area contributed by atoms with Gasteiger partial charge in [0.15, 0.2) is 10.6 Å². The highest BCUT2D eigenvalue weighted by molar-refractivity contribution is 7.17. The van der Waals surface area contributed by atoms with E-state index in [0.29, 0.717) is 11.3 Å². The highest BCUT2D eigenvalue weighted by Crippen LogP contribution is 2.43. The Morgan fingerprint density at radius 2 is 1.82 bits per heavy atom. The lowest BCUT2D eigenvalue weighted by Gasteiger charge is -2.22. The first kappa shape index (κ1) is 21.0. The molecule has 1 aliphatic rings. The number of esters is 1. The number of thiazole rings is 1. The van der Waals surface area contributed by atoms with Crippen LogP contribution in [-0.4, -0.2) is 24.0 Å². The maximum Gasteiger partial charge on any atom is 0.350 e. The molecule has 1 amide bonds. The third kappa shape index (κ3) is 3.21. The van der Waals surface area contributed by atoms with Crippen LogP contribution in [0.5, 0.6) is 0 Å². The average molecular weight is 468 g/mol. The van der Waals surface area contributed by atoms with Crippen molar-refractivity contribution >= 4 is 39.3 Å². The van der Waals surface area contributed by atoms with Crippen molar-refractivity contribution in [2.45, 2.75) is 13.0 Å². The maximum atomic E-state index is 13.9. The van der Waals surface area contributed by atoms with Crippen LogP contribution in [0.25, 0.3) is 11.0 Å². The van der Waals surface area contributed by atoms with Crippen molar-refractivity contribution < 1.29 is 27.5 Å². The van der Waals surface area contributed by atoms with E-state index in [9.17, 15) is 23.2 Å². The molecule has 0 N–H and O–H groups in total. The van der Waals surface area contributed by atoms with E-state index < -0.39 is 35.0 Å². The van der Waals surface area contributed by atoms with E-state index in [2.05, 4.69) is 4.98 Å². The van der Waals surface area contributed by atoms with E-state index >= 15 is 0 Å². The number of fused-ring (bicyclic) bond motifs is 2. The molecule has 1 aliphatic heterocycles. The lowest BCUT2D eigenvalue weighted by molar-refractivity contribution is 0.0605. The Balaban J connectivity index is 1.78. The summed E-state index contributed by atoms with van der Waals surface area (Å²) < 4.78 is 38.0. The number of aromatic nitrogens is 1. The van der Waals surface area contributed by atoms with Gasteiger partial charge in [0.1, 0.15) is 22.1 Å². The number of anilines is 1. The molecule has 7 nitrogen and oxygen atoms in total. The molecule has 0 fully saturated rings. The quantitative estimate of drug-likeness (QED) is 0.415. The summed E-state index contributed by atoms with van der Waals surface area (Å²) in [6.07, 6.45) is 0. The van der Waals surface area contributed by atoms with Crippen LogP contribution in [0, 0.1) is 18.6 Å². The van der Waals surface area contributed by atoms with Crippen LogP contribution < -0.4 is 10.3 Å². The van der Waals surface area contributed by atoms with Gasteiger partial charge in [-0.3, -0.25) is 14.5 Å². The number of nitrogens with zero attached hydrogens (tertiary/aromatic N) is 2. The molecule has 0 saturated heterocycles. The zero-order valence-electron chi connectivity index (χ0n) is 17.2. The molecular weight excluding hydrogens is 454 g/mol. The molecule has 0 aliphatic carbocycles. The number of rotatable bonds is 3. The highest BCUT2D eigenvalue weighted by atomic mass is 32.1. The Morgan fingerprint density at radius 1 is 1.12 bits per heavy atom. The van der Waals surface area contributed by atoms with Gasteiger partial charge in [-0.05, 0) is 42.8 Å². The second-order valence-electron chi connectivity index (χ2n) is 7.35. The van der Waals surface area contributed by atoms with E-state index in [1.807, 2.05) is 0 Å². The van der Waals surface area contributed by atoms with E-state index in [1.165, 1.54) is 42.3 Å². The minimum absolute atomic E-state index is 0.0165. The molecule has 166 valence electrons. The molecule has 5 rings (SSSR count). The van der Waals surface area contributed by atoms with Gasteiger partial charge in [0.2, 0.25) is 5.76 Å². The third-order valence-corrected chi connectivity index (χ3v) is 6.52. The van der Waals surface area contributed by atoms with Crippen molar-refractivity contribution in [1.29, 1.82) is 0 Å². The summed E-state index contributed by atoms with van der Waals surface area (Å²) in [6, 6.07) is 7.69. The molecule has 3 heterocycles. The smallest absolute Gasteiger partial charge is 0.350 e. The molecule has 0 spiro atoms. The van der Waals surface area contributed by atoms with Crippen molar-refractivity contribution in [3.8, 4) is 0 Å². The molecule has 0 radical (unpaired) electrons. The van der Waals surface area contributed by atoms with Crippen molar-refractivity contribution in [2.75, 3.05) is 12.0 Å². The lowest BCUT2D eigenvalue weighted by atomic mass is 9.98. The Kier molecular flexibility index (Phi) is 4.82. The molecule has 0 saturated carbocycles.